The van der Waals surface area contributed by atoms with E-state index in [9.17, 15) is 14.4 Å². The van der Waals surface area contributed by atoms with Crippen molar-refractivity contribution in [3.63, 3.8) is 0 Å². The molecule has 3 rings (SSSR count). The van der Waals surface area contributed by atoms with Gasteiger partial charge in [-0.1, -0.05) is 104 Å². The second-order valence-corrected chi connectivity index (χ2v) is 12.1. The molecule has 3 amide bonds. The Hall–Kier alpha value is -4.13. The normalized spacial score (nSPS) is 12.6. The molecule has 0 fully saturated rings. The van der Waals surface area contributed by atoms with Gasteiger partial charge in [-0.15, -0.1) is 0 Å². The predicted octanol–water partition coefficient (Wildman–Crippen LogP) is 6.82. The minimum Gasteiger partial charge on any atom is -0.444 e. The molecular weight excluding hydrogens is 538 g/mol. The molecule has 0 saturated carbocycles. The summed E-state index contributed by atoms with van der Waals surface area (Å²) in [7, 11) is 0. The highest BCUT2D eigenvalue weighted by molar-refractivity contribution is 5.92. The molecule has 0 spiro atoms. The maximum absolute atomic E-state index is 14.6. The molecule has 7 heteroatoms. The molecule has 2 atom stereocenters. The van der Waals surface area contributed by atoms with Gasteiger partial charge in [-0.05, 0) is 63.3 Å². The number of carbonyl (C=O) groups is 3. The molecule has 0 radical (unpaired) electrons. The molecule has 2 N–H and O–H groups in total. The van der Waals surface area contributed by atoms with Gasteiger partial charge in [0.2, 0.25) is 11.8 Å². The summed E-state index contributed by atoms with van der Waals surface area (Å²) in [5.41, 5.74) is 3.80. The van der Waals surface area contributed by atoms with Crippen LogP contribution in [0.4, 0.5) is 4.79 Å². The van der Waals surface area contributed by atoms with E-state index in [1.54, 1.807) is 25.7 Å². The lowest BCUT2D eigenvalue weighted by molar-refractivity contribution is -0.142. The average Bonchev–Trinajstić information content (AvgIpc) is 2.96. The fourth-order valence-electron chi connectivity index (χ4n) is 4.99. The van der Waals surface area contributed by atoms with Crippen LogP contribution in [-0.4, -0.2) is 41.0 Å². The van der Waals surface area contributed by atoms with Crippen LogP contribution in [0.1, 0.15) is 80.8 Å². The maximum Gasteiger partial charge on any atom is 0.408 e. The van der Waals surface area contributed by atoms with Gasteiger partial charge in [0.05, 0.1) is 0 Å². The Balaban J connectivity index is 2.05. The first-order valence-electron chi connectivity index (χ1n) is 15.2. The number of benzene rings is 3. The van der Waals surface area contributed by atoms with Gasteiger partial charge in [-0.3, -0.25) is 9.59 Å². The van der Waals surface area contributed by atoms with Crippen molar-refractivity contribution in [2.75, 3.05) is 6.54 Å². The molecule has 0 aliphatic carbocycles. The molecule has 0 aliphatic heterocycles. The fraction of sp³-hybridized carbons (Fsp3) is 0.417. The second-order valence-electron chi connectivity index (χ2n) is 12.1. The van der Waals surface area contributed by atoms with Crippen LogP contribution in [0.15, 0.2) is 78.9 Å². The van der Waals surface area contributed by atoms with Gasteiger partial charge in [0.25, 0.3) is 0 Å². The first-order valence-corrected chi connectivity index (χ1v) is 15.2. The molecule has 43 heavy (non-hydrogen) atoms. The van der Waals surface area contributed by atoms with Crippen LogP contribution >= 0.6 is 0 Å². The molecule has 3 aromatic carbocycles. The third kappa shape index (κ3) is 10.6. The van der Waals surface area contributed by atoms with Crippen molar-refractivity contribution in [3.8, 4) is 0 Å². The summed E-state index contributed by atoms with van der Waals surface area (Å²) in [6.45, 7) is 12.1. The van der Waals surface area contributed by atoms with Crippen molar-refractivity contribution in [1.82, 2.24) is 15.5 Å². The van der Waals surface area contributed by atoms with E-state index in [0.29, 0.717) is 13.1 Å². The number of hydrogen-bond donors (Lipinski definition) is 2. The van der Waals surface area contributed by atoms with Gasteiger partial charge in [0.1, 0.15) is 17.7 Å². The van der Waals surface area contributed by atoms with Crippen molar-refractivity contribution >= 4 is 17.9 Å². The number of amides is 3. The van der Waals surface area contributed by atoms with Crippen molar-refractivity contribution in [2.45, 2.75) is 91.5 Å². The highest BCUT2D eigenvalue weighted by Crippen LogP contribution is 2.28. The van der Waals surface area contributed by atoms with Crippen LogP contribution in [-0.2, 0) is 27.3 Å². The maximum atomic E-state index is 14.6. The lowest BCUT2D eigenvalue weighted by Gasteiger charge is -2.35. The van der Waals surface area contributed by atoms with Gasteiger partial charge >= 0.3 is 6.09 Å². The SMILES string of the molecule is CCCCCN(C(=O)C(Cc1ccccc1)NC(=O)OC(C)(C)C)C(C(=O)NCc1ccccc1)c1cc(C)ccc1C. The second kappa shape index (κ2) is 15.9. The number of alkyl carbamates (subject to hydrolysis) is 1. The average molecular weight is 586 g/mol. The van der Waals surface area contributed by atoms with E-state index < -0.39 is 23.8 Å². The van der Waals surface area contributed by atoms with E-state index in [0.717, 1.165) is 47.1 Å². The van der Waals surface area contributed by atoms with E-state index in [1.807, 2.05) is 92.7 Å². The Labute approximate surface area is 257 Å². The lowest BCUT2D eigenvalue weighted by Crippen LogP contribution is -2.54. The number of nitrogens with one attached hydrogen (secondary N) is 2. The van der Waals surface area contributed by atoms with Gasteiger partial charge in [0, 0.05) is 19.5 Å². The summed E-state index contributed by atoms with van der Waals surface area (Å²) < 4.78 is 5.55. The van der Waals surface area contributed by atoms with E-state index in [4.69, 9.17) is 4.74 Å². The van der Waals surface area contributed by atoms with Crippen LogP contribution in [0, 0.1) is 13.8 Å². The van der Waals surface area contributed by atoms with Crippen LogP contribution in [0.25, 0.3) is 0 Å². The monoisotopic (exact) mass is 585 g/mol. The fourth-order valence-corrected chi connectivity index (χ4v) is 4.99. The van der Waals surface area contributed by atoms with E-state index in [1.165, 1.54) is 0 Å². The summed E-state index contributed by atoms with van der Waals surface area (Å²) in [5, 5.41) is 5.92. The summed E-state index contributed by atoms with van der Waals surface area (Å²) in [4.78, 5) is 43.4. The molecule has 0 heterocycles. The molecular formula is C36H47N3O4. The minimum atomic E-state index is -0.937. The first-order chi connectivity index (χ1) is 20.5. The number of nitrogens with zero attached hydrogens (tertiary/aromatic N) is 1. The van der Waals surface area contributed by atoms with Crippen molar-refractivity contribution < 1.29 is 19.1 Å². The lowest BCUT2D eigenvalue weighted by atomic mass is 9.95. The van der Waals surface area contributed by atoms with Crippen molar-refractivity contribution in [2.24, 2.45) is 0 Å². The quantitative estimate of drug-likeness (QED) is 0.216. The van der Waals surface area contributed by atoms with Crippen LogP contribution in [0.5, 0.6) is 0 Å². The number of aryl methyl sites for hydroxylation is 2. The highest BCUT2D eigenvalue weighted by atomic mass is 16.6. The zero-order valence-electron chi connectivity index (χ0n) is 26.5. The van der Waals surface area contributed by atoms with E-state index in [-0.39, 0.29) is 18.2 Å². The number of ether oxygens (including phenoxy) is 1. The molecule has 3 aromatic rings. The summed E-state index contributed by atoms with van der Waals surface area (Å²) in [6, 6.07) is 23.4. The molecule has 230 valence electrons. The van der Waals surface area contributed by atoms with E-state index in [2.05, 4.69) is 17.6 Å². The van der Waals surface area contributed by atoms with Gasteiger partial charge in [0.15, 0.2) is 0 Å². The number of carbonyl (C=O) groups excluding carboxylic acids is 3. The Morgan fingerprint density at radius 2 is 1.49 bits per heavy atom. The molecule has 0 aliphatic rings. The number of rotatable bonds is 13. The zero-order valence-corrected chi connectivity index (χ0v) is 26.5. The minimum absolute atomic E-state index is 0.258. The van der Waals surface area contributed by atoms with E-state index >= 15 is 0 Å². The largest absolute Gasteiger partial charge is 0.444 e. The van der Waals surface area contributed by atoms with Crippen molar-refractivity contribution in [1.29, 1.82) is 0 Å². The predicted molar refractivity (Wildman–Crippen MR) is 171 cm³/mol. The Morgan fingerprint density at radius 3 is 2.09 bits per heavy atom. The third-order valence-electron chi connectivity index (χ3n) is 7.16. The first kappa shape index (κ1) is 33.4. The van der Waals surface area contributed by atoms with Gasteiger partial charge < -0.3 is 20.3 Å². The van der Waals surface area contributed by atoms with Crippen LogP contribution in [0.2, 0.25) is 0 Å². The molecule has 0 bridgehead atoms. The van der Waals surface area contributed by atoms with Gasteiger partial charge in [-0.2, -0.15) is 0 Å². The van der Waals surface area contributed by atoms with Crippen LogP contribution in [0.3, 0.4) is 0 Å². The molecule has 7 nitrogen and oxygen atoms in total. The summed E-state index contributed by atoms with van der Waals surface area (Å²) >= 11 is 0. The Morgan fingerprint density at radius 1 is 0.860 bits per heavy atom. The smallest absolute Gasteiger partial charge is 0.408 e. The Kier molecular flexibility index (Phi) is 12.4. The van der Waals surface area contributed by atoms with Crippen molar-refractivity contribution in [3.05, 3.63) is 107 Å². The number of hydrogen-bond acceptors (Lipinski definition) is 4. The Bertz CT molecular complexity index is 1340. The zero-order chi connectivity index (χ0) is 31.4. The molecule has 2 unspecified atom stereocenters. The van der Waals surface area contributed by atoms with Gasteiger partial charge in [-0.25, -0.2) is 4.79 Å². The summed E-state index contributed by atoms with van der Waals surface area (Å²) in [5.74, 6) is -0.593. The molecule has 0 aromatic heterocycles. The standard InChI is InChI=1S/C36H47N3O4/c1-7-8-15-22-39(34(41)31(24-28-16-11-9-12-17-28)38-35(42)43-36(4,5)6)32(30-23-26(2)20-21-27(30)3)33(40)37-25-29-18-13-10-14-19-29/h9-14,16-21,23,31-32H,7-8,15,22,24-25H2,1-6H3,(H,37,40)(H,38,42). The topological polar surface area (TPSA) is 87.7 Å². The third-order valence-corrected chi connectivity index (χ3v) is 7.16. The van der Waals surface area contributed by atoms with Crippen LogP contribution < -0.4 is 10.6 Å². The summed E-state index contributed by atoms with van der Waals surface area (Å²) in [6.07, 6.45) is 2.17. The highest BCUT2D eigenvalue weighted by Gasteiger charge is 2.37. The number of unbranched alkanes of at least 4 members (excludes halogenated alkanes) is 2. The molecule has 0 saturated heterocycles.